The number of phenols is 1. The van der Waals surface area contributed by atoms with Crippen molar-refractivity contribution in [2.75, 3.05) is 7.11 Å². The molecule has 1 aromatic heterocycles. The first kappa shape index (κ1) is 20.0. The number of hydrogen-bond donors (Lipinski definition) is 2. The third-order valence-electron chi connectivity index (χ3n) is 7.36. The molecule has 6 rings (SSSR count). The Kier molecular flexibility index (Phi) is 4.72. The minimum absolute atomic E-state index is 0.0709. The standard InChI is InChI=1S/C24H26O7/c1-29-20-3-2-17(23(28)31-11-16-7-18(25)19(26)12-30-16)22(27)21(20)24-8-13-4-14(9-24)6-15(5-13)10-24/h2-3,7,12-15,26-27H,4-6,8-11H2,1H3. The minimum atomic E-state index is -0.707. The molecule has 2 aromatic rings. The number of ether oxygens (including phenoxy) is 2. The van der Waals surface area contributed by atoms with Crippen LogP contribution in [-0.2, 0) is 16.8 Å². The van der Waals surface area contributed by atoms with Crippen LogP contribution >= 0.6 is 0 Å². The van der Waals surface area contributed by atoms with E-state index in [0.29, 0.717) is 23.5 Å². The highest BCUT2D eigenvalue weighted by Gasteiger charge is 2.53. The number of aromatic hydroxyl groups is 2. The van der Waals surface area contributed by atoms with Gasteiger partial charge in [0, 0.05) is 17.0 Å². The van der Waals surface area contributed by atoms with Crippen LogP contribution in [0.25, 0.3) is 0 Å². The van der Waals surface area contributed by atoms with Gasteiger partial charge in [0.1, 0.15) is 35.7 Å². The molecule has 0 saturated heterocycles. The summed E-state index contributed by atoms with van der Waals surface area (Å²) >= 11 is 0. The normalized spacial score (nSPS) is 28.5. The zero-order valence-corrected chi connectivity index (χ0v) is 17.4. The van der Waals surface area contributed by atoms with E-state index in [-0.39, 0.29) is 29.1 Å². The molecule has 0 spiro atoms. The molecule has 7 heteroatoms. The van der Waals surface area contributed by atoms with Gasteiger partial charge in [0.25, 0.3) is 0 Å². The average molecular weight is 426 g/mol. The van der Waals surface area contributed by atoms with E-state index in [1.165, 1.54) is 25.3 Å². The lowest BCUT2D eigenvalue weighted by molar-refractivity contribution is -0.00722. The van der Waals surface area contributed by atoms with Crippen LogP contribution in [0, 0.1) is 17.8 Å². The second-order valence-corrected chi connectivity index (χ2v) is 9.41. The molecule has 1 aromatic carbocycles. The Morgan fingerprint density at radius 2 is 1.77 bits per heavy atom. The van der Waals surface area contributed by atoms with Crippen LogP contribution in [0.1, 0.15) is 60.2 Å². The highest BCUT2D eigenvalue weighted by Crippen LogP contribution is 2.63. The van der Waals surface area contributed by atoms with Gasteiger partial charge in [0.05, 0.1) is 7.11 Å². The van der Waals surface area contributed by atoms with Gasteiger partial charge in [-0.3, -0.25) is 4.79 Å². The van der Waals surface area contributed by atoms with E-state index in [9.17, 15) is 19.8 Å². The van der Waals surface area contributed by atoms with Gasteiger partial charge in [-0.25, -0.2) is 4.79 Å². The van der Waals surface area contributed by atoms with Gasteiger partial charge in [-0.15, -0.1) is 0 Å². The summed E-state index contributed by atoms with van der Waals surface area (Å²) in [5.41, 5.74) is 0.0330. The van der Waals surface area contributed by atoms with E-state index in [1.807, 2.05) is 0 Å². The van der Waals surface area contributed by atoms with Crippen LogP contribution < -0.4 is 10.2 Å². The Hall–Kier alpha value is -2.96. The molecule has 4 aliphatic rings. The molecule has 0 radical (unpaired) electrons. The maximum absolute atomic E-state index is 12.8. The van der Waals surface area contributed by atoms with Crippen LogP contribution in [0.3, 0.4) is 0 Å². The first-order valence-corrected chi connectivity index (χ1v) is 10.8. The molecule has 0 amide bonds. The number of rotatable bonds is 5. The smallest absolute Gasteiger partial charge is 0.342 e. The van der Waals surface area contributed by atoms with Gasteiger partial charge in [-0.05, 0) is 68.4 Å². The van der Waals surface area contributed by atoms with Gasteiger partial charge in [0.2, 0.25) is 5.43 Å². The first-order valence-electron chi connectivity index (χ1n) is 10.8. The third kappa shape index (κ3) is 3.36. The number of methoxy groups -OCH3 is 1. The van der Waals surface area contributed by atoms with Crippen LogP contribution in [-0.4, -0.2) is 23.3 Å². The first-order chi connectivity index (χ1) is 14.9. The Bertz CT molecular complexity index is 1050. The van der Waals surface area contributed by atoms with Crippen molar-refractivity contribution < 1.29 is 28.9 Å². The fourth-order valence-corrected chi connectivity index (χ4v) is 6.57. The molecule has 4 fully saturated rings. The van der Waals surface area contributed by atoms with Crippen LogP contribution in [0.5, 0.6) is 17.2 Å². The van der Waals surface area contributed by atoms with E-state index in [0.717, 1.165) is 37.2 Å². The Morgan fingerprint density at radius 1 is 1.13 bits per heavy atom. The molecule has 7 nitrogen and oxygen atoms in total. The fourth-order valence-electron chi connectivity index (χ4n) is 6.57. The summed E-state index contributed by atoms with van der Waals surface area (Å²) in [5.74, 6) is 1.43. The highest BCUT2D eigenvalue weighted by molar-refractivity contribution is 5.93. The number of phenolic OH excluding ortho intramolecular Hbond substituents is 1. The van der Waals surface area contributed by atoms with Crippen LogP contribution in [0.15, 0.2) is 33.7 Å². The monoisotopic (exact) mass is 426 g/mol. The van der Waals surface area contributed by atoms with Crippen molar-refractivity contribution in [2.24, 2.45) is 17.8 Å². The summed E-state index contributed by atoms with van der Waals surface area (Å²) in [7, 11) is 1.59. The van der Waals surface area contributed by atoms with E-state index < -0.39 is 17.1 Å². The summed E-state index contributed by atoms with van der Waals surface area (Å²) < 4.78 is 16.0. The highest BCUT2D eigenvalue weighted by atomic mass is 16.5. The molecule has 4 aliphatic carbocycles. The summed E-state index contributed by atoms with van der Waals surface area (Å²) in [5, 5.41) is 20.5. The number of benzene rings is 1. The van der Waals surface area contributed by atoms with Crippen LogP contribution in [0.2, 0.25) is 0 Å². The molecule has 31 heavy (non-hydrogen) atoms. The predicted molar refractivity (Wildman–Crippen MR) is 110 cm³/mol. The molecular weight excluding hydrogens is 400 g/mol. The van der Waals surface area contributed by atoms with Crippen molar-refractivity contribution >= 4 is 5.97 Å². The van der Waals surface area contributed by atoms with E-state index >= 15 is 0 Å². The summed E-state index contributed by atoms with van der Waals surface area (Å²) in [4.78, 5) is 24.3. The van der Waals surface area contributed by atoms with Gasteiger partial charge >= 0.3 is 5.97 Å². The zero-order chi connectivity index (χ0) is 21.8. The van der Waals surface area contributed by atoms with E-state index in [1.54, 1.807) is 13.2 Å². The van der Waals surface area contributed by atoms with Crippen molar-refractivity contribution in [1.82, 2.24) is 0 Å². The zero-order valence-electron chi connectivity index (χ0n) is 17.4. The van der Waals surface area contributed by atoms with E-state index in [4.69, 9.17) is 13.9 Å². The molecule has 1 heterocycles. The second-order valence-electron chi connectivity index (χ2n) is 9.41. The Morgan fingerprint density at radius 3 is 2.35 bits per heavy atom. The lowest BCUT2D eigenvalue weighted by Crippen LogP contribution is -2.48. The average Bonchev–Trinajstić information content (AvgIpc) is 2.73. The topological polar surface area (TPSA) is 106 Å². The number of hydrogen-bond acceptors (Lipinski definition) is 7. The molecule has 4 saturated carbocycles. The molecule has 164 valence electrons. The molecule has 4 bridgehead atoms. The van der Waals surface area contributed by atoms with Gasteiger partial charge in [-0.2, -0.15) is 0 Å². The molecule has 0 aliphatic heterocycles. The van der Waals surface area contributed by atoms with Crippen molar-refractivity contribution in [3.63, 3.8) is 0 Å². The largest absolute Gasteiger partial charge is 0.507 e. The van der Waals surface area contributed by atoms with Crippen molar-refractivity contribution in [1.29, 1.82) is 0 Å². The van der Waals surface area contributed by atoms with Gasteiger partial charge in [-0.1, -0.05) is 0 Å². The van der Waals surface area contributed by atoms with Crippen molar-refractivity contribution in [3.05, 3.63) is 51.6 Å². The number of carbonyl (C=O) groups excluding carboxylic acids is 1. The predicted octanol–water partition coefficient (Wildman–Crippen LogP) is 3.88. The second kappa shape index (κ2) is 7.32. The fraction of sp³-hybridized carbons (Fsp3) is 0.500. The SMILES string of the molecule is COc1ccc(C(=O)OCc2cc(=O)c(O)co2)c(O)c1C12CC3CC(CC(C3)C1)C2. The summed E-state index contributed by atoms with van der Waals surface area (Å²) in [6, 6.07) is 4.30. The minimum Gasteiger partial charge on any atom is -0.507 e. The molecule has 0 atom stereocenters. The summed E-state index contributed by atoms with van der Waals surface area (Å²) in [6.45, 7) is -0.285. The number of carbonyl (C=O) groups is 1. The molecular formula is C24H26O7. The maximum Gasteiger partial charge on any atom is 0.342 e. The maximum atomic E-state index is 12.8. The van der Waals surface area contributed by atoms with E-state index in [2.05, 4.69) is 0 Å². The lowest BCUT2D eigenvalue weighted by Gasteiger charge is -2.57. The third-order valence-corrected chi connectivity index (χ3v) is 7.36. The molecule has 2 N–H and O–H groups in total. The van der Waals surface area contributed by atoms with Crippen molar-refractivity contribution in [3.8, 4) is 17.2 Å². The van der Waals surface area contributed by atoms with Crippen LogP contribution in [0.4, 0.5) is 0 Å². The Labute approximate surface area is 179 Å². The molecule has 0 unspecified atom stereocenters. The Balaban J connectivity index is 1.45. The lowest BCUT2D eigenvalue weighted by atomic mass is 9.48. The number of esters is 1. The van der Waals surface area contributed by atoms with Crippen molar-refractivity contribution in [2.45, 2.75) is 50.5 Å². The quantitative estimate of drug-likeness (QED) is 0.699. The van der Waals surface area contributed by atoms with Gasteiger partial charge in [0.15, 0.2) is 5.75 Å². The van der Waals surface area contributed by atoms with Gasteiger partial charge < -0.3 is 24.1 Å². The summed E-state index contributed by atoms with van der Waals surface area (Å²) in [6.07, 6.45) is 7.74.